The first-order chi connectivity index (χ1) is 10.3. The van der Waals surface area contributed by atoms with E-state index < -0.39 is 18.7 Å². The number of fused-ring (bicyclic) bond motifs is 1. The van der Waals surface area contributed by atoms with Gasteiger partial charge in [0, 0.05) is 23.3 Å². The third-order valence-corrected chi connectivity index (χ3v) is 3.39. The number of benzene rings is 1. The fourth-order valence-electron chi connectivity index (χ4n) is 2.40. The molecule has 0 amide bonds. The molecular weight excluding hydrogens is 274 g/mol. The summed E-state index contributed by atoms with van der Waals surface area (Å²) in [6.07, 6.45) is -0.278. The first-order valence-electron chi connectivity index (χ1n) is 6.59. The van der Waals surface area contributed by atoms with Crippen LogP contribution in [0.25, 0.3) is 10.4 Å². The van der Waals surface area contributed by atoms with Gasteiger partial charge in [-0.05, 0) is 11.6 Å². The largest absolute Gasteiger partial charge is 0.352 e. The van der Waals surface area contributed by atoms with Crippen LogP contribution in [0.15, 0.2) is 47.2 Å². The summed E-state index contributed by atoms with van der Waals surface area (Å²) < 4.78 is 22.4. The number of nitrogens with zero attached hydrogens (tertiary/aromatic N) is 3. The second kappa shape index (κ2) is 6.26. The van der Waals surface area contributed by atoms with Crippen molar-refractivity contribution in [2.45, 2.75) is 24.8 Å². The number of methoxy groups -OCH3 is 1. The standard InChI is InChI=1S/C14H15N3O4/c1-18-12-7-10(16-17-15)13-11(20-12)8-19-14(21-13)9-5-3-2-4-6-9/h2-7,11-14H,8H2,1H3/t11-,12+,13+,14?/m1/s1. The van der Waals surface area contributed by atoms with Gasteiger partial charge in [0.15, 0.2) is 12.6 Å². The van der Waals surface area contributed by atoms with Gasteiger partial charge in [-0.2, -0.15) is 0 Å². The van der Waals surface area contributed by atoms with Crippen LogP contribution >= 0.6 is 0 Å². The molecule has 7 nitrogen and oxygen atoms in total. The van der Waals surface area contributed by atoms with Gasteiger partial charge in [0.25, 0.3) is 0 Å². The molecule has 2 aliphatic rings. The Labute approximate surface area is 121 Å². The minimum Gasteiger partial charge on any atom is -0.352 e. The predicted molar refractivity (Wildman–Crippen MR) is 72.9 cm³/mol. The van der Waals surface area contributed by atoms with Gasteiger partial charge in [0.05, 0.1) is 6.61 Å². The fourth-order valence-corrected chi connectivity index (χ4v) is 2.40. The van der Waals surface area contributed by atoms with Crippen molar-refractivity contribution in [1.29, 1.82) is 0 Å². The van der Waals surface area contributed by atoms with Crippen molar-refractivity contribution in [3.8, 4) is 0 Å². The van der Waals surface area contributed by atoms with Crippen LogP contribution in [0.5, 0.6) is 0 Å². The Balaban J connectivity index is 1.83. The van der Waals surface area contributed by atoms with E-state index in [9.17, 15) is 0 Å². The number of hydrogen-bond donors (Lipinski definition) is 0. The average molecular weight is 289 g/mol. The van der Waals surface area contributed by atoms with E-state index >= 15 is 0 Å². The molecule has 7 heteroatoms. The van der Waals surface area contributed by atoms with Gasteiger partial charge in [0.2, 0.25) is 0 Å². The van der Waals surface area contributed by atoms with E-state index in [1.165, 1.54) is 7.11 Å². The SMILES string of the molecule is CO[C@@H]1C=C(N=[N+]=[N-])[C@@H]2OC(c3ccccc3)OC[C@H]2O1. The van der Waals surface area contributed by atoms with E-state index in [0.29, 0.717) is 12.3 Å². The molecule has 1 saturated heterocycles. The Kier molecular flexibility index (Phi) is 4.19. The van der Waals surface area contributed by atoms with E-state index in [1.807, 2.05) is 30.3 Å². The van der Waals surface area contributed by atoms with Gasteiger partial charge in [0.1, 0.15) is 12.2 Å². The number of hydrogen-bond acceptors (Lipinski definition) is 5. The lowest BCUT2D eigenvalue weighted by Crippen LogP contribution is -2.47. The minimum absolute atomic E-state index is 0.336. The molecule has 0 saturated carbocycles. The lowest BCUT2D eigenvalue weighted by molar-refractivity contribution is -0.284. The zero-order chi connectivity index (χ0) is 14.7. The molecule has 0 N–H and O–H groups in total. The Morgan fingerprint density at radius 1 is 1.29 bits per heavy atom. The highest BCUT2D eigenvalue weighted by atomic mass is 16.7. The molecule has 0 bridgehead atoms. The maximum Gasteiger partial charge on any atom is 0.184 e. The van der Waals surface area contributed by atoms with Crippen molar-refractivity contribution in [2.24, 2.45) is 5.11 Å². The Morgan fingerprint density at radius 3 is 2.81 bits per heavy atom. The minimum atomic E-state index is -0.563. The highest BCUT2D eigenvalue weighted by molar-refractivity contribution is 5.19. The second-order valence-corrected chi connectivity index (χ2v) is 4.69. The van der Waals surface area contributed by atoms with Gasteiger partial charge >= 0.3 is 0 Å². The summed E-state index contributed by atoms with van der Waals surface area (Å²) >= 11 is 0. The first-order valence-corrected chi connectivity index (χ1v) is 6.59. The topological polar surface area (TPSA) is 85.7 Å². The molecule has 0 radical (unpaired) electrons. The molecule has 3 rings (SSSR count). The summed E-state index contributed by atoms with van der Waals surface area (Å²) in [6.45, 7) is 0.336. The van der Waals surface area contributed by atoms with E-state index in [4.69, 9.17) is 24.5 Å². The quantitative estimate of drug-likeness (QED) is 0.486. The third kappa shape index (κ3) is 2.92. The number of rotatable bonds is 3. The molecule has 110 valence electrons. The molecule has 0 spiro atoms. The van der Waals surface area contributed by atoms with Crippen LogP contribution in [-0.4, -0.2) is 32.2 Å². The average Bonchev–Trinajstić information content (AvgIpc) is 2.55. The molecule has 0 aromatic heterocycles. The van der Waals surface area contributed by atoms with Crippen molar-refractivity contribution in [3.05, 3.63) is 58.1 Å². The van der Waals surface area contributed by atoms with Crippen molar-refractivity contribution in [1.82, 2.24) is 0 Å². The molecule has 0 aliphatic carbocycles. The molecule has 1 unspecified atom stereocenters. The van der Waals surface area contributed by atoms with Crippen LogP contribution in [0, 0.1) is 0 Å². The molecule has 1 fully saturated rings. The first kappa shape index (κ1) is 14.1. The van der Waals surface area contributed by atoms with Gasteiger partial charge in [-0.15, -0.1) is 0 Å². The number of ether oxygens (including phenoxy) is 4. The summed E-state index contributed by atoms with van der Waals surface area (Å²) in [5, 5.41) is 3.70. The maximum atomic E-state index is 8.70. The second-order valence-electron chi connectivity index (χ2n) is 4.69. The van der Waals surface area contributed by atoms with E-state index in [-0.39, 0.29) is 6.10 Å². The van der Waals surface area contributed by atoms with Crippen LogP contribution in [0.4, 0.5) is 0 Å². The molecule has 21 heavy (non-hydrogen) atoms. The molecule has 1 aromatic rings. The molecule has 2 heterocycles. The van der Waals surface area contributed by atoms with Gasteiger partial charge in [-0.25, -0.2) is 0 Å². The van der Waals surface area contributed by atoms with Crippen LogP contribution in [0.2, 0.25) is 0 Å². The highest BCUT2D eigenvalue weighted by Gasteiger charge is 2.39. The zero-order valence-electron chi connectivity index (χ0n) is 11.5. The smallest absolute Gasteiger partial charge is 0.184 e. The van der Waals surface area contributed by atoms with Crippen LogP contribution in [0.3, 0.4) is 0 Å². The van der Waals surface area contributed by atoms with Gasteiger partial charge in [-0.1, -0.05) is 35.4 Å². The van der Waals surface area contributed by atoms with Crippen LogP contribution in [-0.2, 0) is 18.9 Å². The van der Waals surface area contributed by atoms with Crippen molar-refractivity contribution in [3.63, 3.8) is 0 Å². The summed E-state index contributed by atoms with van der Waals surface area (Å²) in [6, 6.07) is 9.59. The Bertz CT molecular complexity index is 571. The molecule has 2 aliphatic heterocycles. The Morgan fingerprint density at radius 2 is 2.10 bits per heavy atom. The van der Waals surface area contributed by atoms with Gasteiger partial charge < -0.3 is 18.9 Å². The van der Waals surface area contributed by atoms with Crippen LogP contribution in [0.1, 0.15) is 11.9 Å². The third-order valence-electron chi connectivity index (χ3n) is 3.39. The Hall–Kier alpha value is -1.89. The fraction of sp³-hybridized carbons (Fsp3) is 0.429. The van der Waals surface area contributed by atoms with E-state index in [2.05, 4.69) is 10.0 Å². The van der Waals surface area contributed by atoms with Crippen molar-refractivity contribution < 1.29 is 18.9 Å². The van der Waals surface area contributed by atoms with Gasteiger partial charge in [-0.3, -0.25) is 0 Å². The monoisotopic (exact) mass is 289 g/mol. The maximum absolute atomic E-state index is 8.70. The summed E-state index contributed by atoms with van der Waals surface area (Å²) in [5.41, 5.74) is 10.1. The van der Waals surface area contributed by atoms with E-state index in [1.54, 1.807) is 6.08 Å². The lowest BCUT2D eigenvalue weighted by atomic mass is 10.1. The normalized spacial score (nSPS) is 31.8. The van der Waals surface area contributed by atoms with Crippen molar-refractivity contribution >= 4 is 0 Å². The summed E-state index contributed by atoms with van der Waals surface area (Å²) in [5.74, 6) is 0. The molecular formula is C14H15N3O4. The van der Waals surface area contributed by atoms with E-state index in [0.717, 1.165) is 5.56 Å². The highest BCUT2D eigenvalue weighted by Crippen LogP contribution is 2.34. The summed E-state index contributed by atoms with van der Waals surface area (Å²) in [7, 11) is 1.52. The summed E-state index contributed by atoms with van der Waals surface area (Å²) in [4.78, 5) is 2.84. The van der Waals surface area contributed by atoms with Crippen molar-refractivity contribution in [2.75, 3.05) is 13.7 Å². The molecule has 4 atom stereocenters. The molecule has 1 aromatic carbocycles. The lowest BCUT2D eigenvalue weighted by Gasteiger charge is -2.40. The van der Waals surface area contributed by atoms with Crippen LogP contribution < -0.4 is 0 Å². The zero-order valence-corrected chi connectivity index (χ0v) is 11.5. The number of azide groups is 1. The predicted octanol–water partition coefficient (Wildman–Crippen LogP) is 2.67.